The van der Waals surface area contributed by atoms with E-state index in [9.17, 15) is 9.59 Å². The first-order chi connectivity index (χ1) is 11.6. The van der Waals surface area contributed by atoms with Crippen molar-refractivity contribution >= 4 is 16.8 Å². The summed E-state index contributed by atoms with van der Waals surface area (Å²) in [4.78, 5) is 31.3. The molecule has 6 nitrogen and oxygen atoms in total. The van der Waals surface area contributed by atoms with E-state index in [1.54, 1.807) is 12.4 Å². The first-order valence-electron chi connectivity index (χ1n) is 8.56. The van der Waals surface area contributed by atoms with Gasteiger partial charge in [-0.05, 0) is 37.8 Å². The Balaban J connectivity index is 1.75. The Hall–Kier alpha value is -2.21. The number of carbonyl (C=O) groups excluding carboxylic acids is 1. The third-order valence-corrected chi connectivity index (χ3v) is 4.84. The van der Waals surface area contributed by atoms with Crippen LogP contribution in [0, 0.1) is 6.92 Å². The quantitative estimate of drug-likeness (QED) is 0.921. The number of likely N-dealkylation sites (tertiary alicyclic amines) is 1. The van der Waals surface area contributed by atoms with Crippen molar-refractivity contribution in [2.24, 2.45) is 5.73 Å². The minimum Gasteiger partial charge on any atom is -0.338 e. The van der Waals surface area contributed by atoms with E-state index in [2.05, 4.69) is 4.98 Å². The van der Waals surface area contributed by atoms with Crippen LogP contribution < -0.4 is 11.3 Å². The predicted molar refractivity (Wildman–Crippen MR) is 93.8 cm³/mol. The molecule has 1 aromatic carbocycles. The normalized spacial score (nSPS) is 18.1. The molecule has 128 valence electrons. The summed E-state index contributed by atoms with van der Waals surface area (Å²) >= 11 is 0. The molecule has 0 bridgehead atoms. The number of hydrogen-bond acceptors (Lipinski definition) is 4. The summed E-state index contributed by atoms with van der Waals surface area (Å²) in [6, 6.07) is 5.72. The number of rotatable bonds is 4. The smallest absolute Gasteiger partial charge is 0.261 e. The van der Waals surface area contributed by atoms with E-state index in [0.29, 0.717) is 24.9 Å². The van der Waals surface area contributed by atoms with E-state index in [1.165, 1.54) is 4.57 Å². The molecule has 1 aliphatic rings. The van der Waals surface area contributed by atoms with Crippen LogP contribution in [0.5, 0.6) is 0 Å². The molecule has 1 fully saturated rings. The average Bonchev–Trinajstić information content (AvgIpc) is 2.61. The van der Waals surface area contributed by atoms with E-state index >= 15 is 0 Å². The largest absolute Gasteiger partial charge is 0.338 e. The Morgan fingerprint density at radius 3 is 3.00 bits per heavy atom. The van der Waals surface area contributed by atoms with Crippen LogP contribution in [-0.2, 0) is 11.3 Å². The van der Waals surface area contributed by atoms with Crippen molar-refractivity contribution in [2.45, 2.75) is 45.2 Å². The van der Waals surface area contributed by atoms with E-state index in [1.807, 2.05) is 24.0 Å². The van der Waals surface area contributed by atoms with Crippen molar-refractivity contribution in [2.75, 3.05) is 13.1 Å². The number of aryl methyl sites for hydroxylation is 2. The van der Waals surface area contributed by atoms with Crippen LogP contribution in [0.4, 0.5) is 0 Å². The van der Waals surface area contributed by atoms with Crippen molar-refractivity contribution < 1.29 is 4.79 Å². The number of benzene rings is 1. The number of piperidine rings is 1. The maximum atomic E-state index is 12.6. The highest BCUT2D eigenvalue weighted by Gasteiger charge is 2.25. The van der Waals surface area contributed by atoms with Crippen LogP contribution in [0.2, 0.25) is 0 Å². The lowest BCUT2D eigenvalue weighted by Crippen LogP contribution is -2.47. The first-order valence-corrected chi connectivity index (χ1v) is 8.56. The van der Waals surface area contributed by atoms with Crippen molar-refractivity contribution in [3.8, 4) is 0 Å². The van der Waals surface area contributed by atoms with Gasteiger partial charge in [-0.2, -0.15) is 0 Å². The Bertz CT molecular complexity index is 799. The fourth-order valence-corrected chi connectivity index (χ4v) is 3.43. The van der Waals surface area contributed by atoms with Gasteiger partial charge in [0.15, 0.2) is 0 Å². The SMILES string of the molecule is Cc1cccc2c(=O)n(CCC(=O)N3CCCCC3CN)cnc12. The van der Waals surface area contributed by atoms with Crippen LogP contribution in [0.15, 0.2) is 29.3 Å². The molecule has 1 atom stereocenters. The van der Waals surface area contributed by atoms with Gasteiger partial charge in [0, 0.05) is 32.1 Å². The molecule has 2 aromatic rings. The van der Waals surface area contributed by atoms with Gasteiger partial charge in [0.1, 0.15) is 0 Å². The summed E-state index contributed by atoms with van der Waals surface area (Å²) in [5.41, 5.74) is 7.39. The summed E-state index contributed by atoms with van der Waals surface area (Å²) in [7, 11) is 0. The van der Waals surface area contributed by atoms with Crippen molar-refractivity contribution in [1.82, 2.24) is 14.5 Å². The number of para-hydroxylation sites is 1. The third kappa shape index (κ3) is 3.19. The number of amides is 1. The third-order valence-electron chi connectivity index (χ3n) is 4.84. The second-order valence-corrected chi connectivity index (χ2v) is 6.44. The Labute approximate surface area is 141 Å². The zero-order chi connectivity index (χ0) is 17.1. The van der Waals surface area contributed by atoms with Crippen LogP contribution in [0.1, 0.15) is 31.2 Å². The van der Waals surface area contributed by atoms with E-state index in [0.717, 1.165) is 36.9 Å². The number of nitrogens with two attached hydrogens (primary N) is 1. The molecule has 1 aromatic heterocycles. The number of fused-ring (bicyclic) bond motifs is 1. The summed E-state index contributed by atoms with van der Waals surface area (Å²) in [5.74, 6) is 0.0707. The number of nitrogens with zero attached hydrogens (tertiary/aromatic N) is 3. The molecule has 3 rings (SSSR count). The predicted octanol–water partition coefficient (Wildman–Crippen LogP) is 1.43. The van der Waals surface area contributed by atoms with Crippen LogP contribution in [-0.4, -0.2) is 39.5 Å². The minimum absolute atomic E-state index is 0.0707. The summed E-state index contributed by atoms with van der Waals surface area (Å²) in [6.07, 6.45) is 4.97. The molecule has 2 heterocycles. The van der Waals surface area contributed by atoms with Crippen LogP contribution >= 0.6 is 0 Å². The number of aromatic nitrogens is 2. The maximum absolute atomic E-state index is 12.6. The minimum atomic E-state index is -0.0921. The van der Waals surface area contributed by atoms with E-state index < -0.39 is 0 Å². The molecule has 0 spiro atoms. The van der Waals surface area contributed by atoms with Crippen molar-refractivity contribution in [3.63, 3.8) is 0 Å². The second kappa shape index (κ2) is 7.13. The lowest BCUT2D eigenvalue weighted by Gasteiger charge is -2.35. The average molecular weight is 328 g/mol. The van der Waals surface area contributed by atoms with Crippen LogP contribution in [0.3, 0.4) is 0 Å². The fourth-order valence-electron chi connectivity index (χ4n) is 3.43. The highest BCUT2D eigenvalue weighted by molar-refractivity contribution is 5.80. The van der Waals surface area contributed by atoms with Gasteiger partial charge in [-0.15, -0.1) is 0 Å². The van der Waals surface area contributed by atoms with Gasteiger partial charge in [0.2, 0.25) is 5.91 Å². The molecule has 0 saturated carbocycles. The van der Waals surface area contributed by atoms with Gasteiger partial charge >= 0.3 is 0 Å². The Morgan fingerprint density at radius 2 is 2.21 bits per heavy atom. The highest BCUT2D eigenvalue weighted by atomic mass is 16.2. The number of carbonyl (C=O) groups is 1. The number of hydrogen-bond donors (Lipinski definition) is 1. The molecule has 24 heavy (non-hydrogen) atoms. The lowest BCUT2D eigenvalue weighted by molar-refractivity contribution is -0.134. The van der Waals surface area contributed by atoms with Crippen molar-refractivity contribution in [1.29, 1.82) is 0 Å². The highest BCUT2D eigenvalue weighted by Crippen LogP contribution is 2.17. The van der Waals surface area contributed by atoms with Crippen LogP contribution in [0.25, 0.3) is 10.9 Å². The van der Waals surface area contributed by atoms with Gasteiger partial charge < -0.3 is 10.6 Å². The molecule has 2 N–H and O–H groups in total. The monoisotopic (exact) mass is 328 g/mol. The molecular formula is C18H24N4O2. The summed E-state index contributed by atoms with van der Waals surface area (Å²) in [6.45, 7) is 3.56. The zero-order valence-electron chi connectivity index (χ0n) is 14.1. The molecule has 0 aliphatic carbocycles. The summed E-state index contributed by atoms with van der Waals surface area (Å²) in [5, 5.41) is 0.600. The molecule has 1 unspecified atom stereocenters. The Morgan fingerprint density at radius 1 is 1.38 bits per heavy atom. The second-order valence-electron chi connectivity index (χ2n) is 6.44. The topological polar surface area (TPSA) is 81.2 Å². The molecule has 0 radical (unpaired) electrons. The fraction of sp³-hybridized carbons (Fsp3) is 0.500. The molecule has 1 aliphatic heterocycles. The molecule has 1 amide bonds. The van der Waals surface area contributed by atoms with E-state index in [4.69, 9.17) is 5.73 Å². The molecule has 6 heteroatoms. The molecular weight excluding hydrogens is 304 g/mol. The van der Waals surface area contributed by atoms with Gasteiger partial charge in [-0.1, -0.05) is 12.1 Å². The van der Waals surface area contributed by atoms with Gasteiger partial charge in [0.25, 0.3) is 5.56 Å². The first kappa shape index (κ1) is 16.6. The summed E-state index contributed by atoms with van der Waals surface area (Å²) < 4.78 is 1.53. The maximum Gasteiger partial charge on any atom is 0.261 e. The molecule has 1 saturated heterocycles. The van der Waals surface area contributed by atoms with Gasteiger partial charge in [0.05, 0.1) is 17.2 Å². The lowest BCUT2D eigenvalue weighted by atomic mass is 10.0. The van der Waals surface area contributed by atoms with E-state index in [-0.39, 0.29) is 17.5 Å². The van der Waals surface area contributed by atoms with Gasteiger partial charge in [-0.3, -0.25) is 14.2 Å². The zero-order valence-corrected chi connectivity index (χ0v) is 14.1. The van der Waals surface area contributed by atoms with Crippen molar-refractivity contribution in [3.05, 3.63) is 40.4 Å². The standard InChI is InChI=1S/C18H24N4O2/c1-13-5-4-7-15-17(13)20-12-21(18(15)24)10-8-16(23)22-9-3-2-6-14(22)11-19/h4-5,7,12,14H,2-3,6,8-11,19H2,1H3. The Kier molecular flexibility index (Phi) is 4.94. The van der Waals surface area contributed by atoms with Gasteiger partial charge in [-0.25, -0.2) is 4.98 Å².